The number of aromatic nitrogens is 2. The van der Waals surface area contributed by atoms with E-state index in [0.29, 0.717) is 26.2 Å². The van der Waals surface area contributed by atoms with Gasteiger partial charge in [0.25, 0.3) is 0 Å². The third-order valence-corrected chi connectivity index (χ3v) is 6.29. The first-order chi connectivity index (χ1) is 12.8. The highest BCUT2D eigenvalue weighted by Crippen LogP contribution is 2.19. The van der Waals surface area contributed by atoms with E-state index < -0.39 is 16.1 Å². The number of pyridine rings is 1. The molecule has 0 spiro atoms. The highest BCUT2D eigenvalue weighted by molar-refractivity contribution is 7.89. The van der Waals surface area contributed by atoms with Gasteiger partial charge in [0.1, 0.15) is 16.4 Å². The summed E-state index contributed by atoms with van der Waals surface area (Å²) in [6, 6.07) is 4.82. The molecule has 0 bridgehead atoms. The number of amides is 1. The van der Waals surface area contributed by atoms with Crippen LogP contribution in [0.15, 0.2) is 33.8 Å². The van der Waals surface area contributed by atoms with Crippen LogP contribution in [0.2, 0.25) is 0 Å². The number of anilines is 1. The second-order valence-electron chi connectivity index (χ2n) is 6.50. The van der Waals surface area contributed by atoms with Crippen molar-refractivity contribution < 1.29 is 17.7 Å². The van der Waals surface area contributed by atoms with Crippen LogP contribution in [0.25, 0.3) is 0 Å². The van der Waals surface area contributed by atoms with Crippen LogP contribution in [0.4, 0.5) is 5.82 Å². The van der Waals surface area contributed by atoms with Crippen molar-refractivity contribution >= 4 is 21.7 Å². The Hall–Kier alpha value is -2.46. The van der Waals surface area contributed by atoms with Gasteiger partial charge in [0.05, 0.1) is 6.04 Å². The van der Waals surface area contributed by atoms with E-state index in [2.05, 4.69) is 19.8 Å². The SMILES string of the molecule is Cc1noc(C)c1S(=O)(=O)N[C@@H](C)C(=O)N1CCN(c2ccccn2)CC1. The van der Waals surface area contributed by atoms with Crippen molar-refractivity contribution in [2.45, 2.75) is 31.7 Å². The Bertz CT molecular complexity index is 885. The molecule has 1 atom stereocenters. The second kappa shape index (κ2) is 7.65. The van der Waals surface area contributed by atoms with Crippen LogP contribution in [0, 0.1) is 13.8 Å². The highest BCUT2D eigenvalue weighted by atomic mass is 32.2. The maximum Gasteiger partial charge on any atom is 0.246 e. The molecule has 0 unspecified atom stereocenters. The van der Waals surface area contributed by atoms with E-state index in [1.807, 2.05) is 18.2 Å². The van der Waals surface area contributed by atoms with Crippen molar-refractivity contribution in [3.63, 3.8) is 0 Å². The number of carbonyl (C=O) groups is 1. The Labute approximate surface area is 158 Å². The normalized spacial score (nSPS) is 16.4. The summed E-state index contributed by atoms with van der Waals surface area (Å²) in [6.07, 6.45) is 1.73. The predicted molar refractivity (Wildman–Crippen MR) is 98.8 cm³/mol. The Balaban J connectivity index is 1.61. The minimum atomic E-state index is -3.89. The molecule has 1 saturated heterocycles. The zero-order valence-electron chi connectivity index (χ0n) is 15.5. The van der Waals surface area contributed by atoms with Crippen molar-refractivity contribution in [2.75, 3.05) is 31.1 Å². The quantitative estimate of drug-likeness (QED) is 0.796. The summed E-state index contributed by atoms with van der Waals surface area (Å²) in [5, 5.41) is 3.66. The van der Waals surface area contributed by atoms with E-state index >= 15 is 0 Å². The lowest BCUT2D eigenvalue weighted by molar-refractivity contribution is -0.132. The number of hydrogen-bond acceptors (Lipinski definition) is 7. The number of sulfonamides is 1. The Morgan fingerprint density at radius 2 is 1.93 bits per heavy atom. The van der Waals surface area contributed by atoms with Crippen LogP contribution < -0.4 is 9.62 Å². The lowest BCUT2D eigenvalue weighted by Gasteiger charge is -2.36. The molecular formula is C17H23N5O4S. The molecule has 0 aliphatic carbocycles. The fourth-order valence-corrected chi connectivity index (χ4v) is 4.70. The first-order valence-electron chi connectivity index (χ1n) is 8.69. The lowest BCUT2D eigenvalue weighted by Crippen LogP contribution is -2.54. The molecule has 1 aliphatic heterocycles. The number of carbonyl (C=O) groups excluding carboxylic acids is 1. The van der Waals surface area contributed by atoms with Gasteiger partial charge in [-0.05, 0) is 32.9 Å². The van der Waals surface area contributed by atoms with Crippen LogP contribution in [0.5, 0.6) is 0 Å². The predicted octanol–water partition coefficient (Wildman–Crippen LogP) is 0.702. The van der Waals surface area contributed by atoms with E-state index in [0.717, 1.165) is 5.82 Å². The molecule has 3 heterocycles. The van der Waals surface area contributed by atoms with Gasteiger partial charge in [0.2, 0.25) is 15.9 Å². The topological polar surface area (TPSA) is 109 Å². The van der Waals surface area contributed by atoms with E-state index in [4.69, 9.17) is 4.52 Å². The second-order valence-corrected chi connectivity index (χ2v) is 8.15. The van der Waals surface area contributed by atoms with Gasteiger partial charge in [-0.3, -0.25) is 4.79 Å². The molecule has 0 radical (unpaired) electrons. The minimum Gasteiger partial charge on any atom is -0.360 e. The number of rotatable bonds is 5. The summed E-state index contributed by atoms with van der Waals surface area (Å²) < 4.78 is 32.5. The molecule has 1 amide bonds. The maximum atomic E-state index is 12.7. The monoisotopic (exact) mass is 393 g/mol. The van der Waals surface area contributed by atoms with Crippen molar-refractivity contribution in [2.24, 2.45) is 0 Å². The third kappa shape index (κ3) is 4.11. The van der Waals surface area contributed by atoms with E-state index in [1.54, 1.807) is 24.9 Å². The zero-order valence-corrected chi connectivity index (χ0v) is 16.4. The minimum absolute atomic E-state index is 0.0119. The van der Waals surface area contributed by atoms with Crippen molar-refractivity contribution in [3.05, 3.63) is 35.9 Å². The molecule has 1 aliphatic rings. The molecule has 0 saturated carbocycles. The fourth-order valence-electron chi connectivity index (χ4n) is 3.17. The molecular weight excluding hydrogens is 370 g/mol. The largest absolute Gasteiger partial charge is 0.360 e. The van der Waals surface area contributed by atoms with Crippen LogP contribution in [-0.2, 0) is 14.8 Å². The third-order valence-electron chi connectivity index (χ3n) is 4.50. The van der Waals surface area contributed by atoms with Gasteiger partial charge >= 0.3 is 0 Å². The van der Waals surface area contributed by atoms with Gasteiger partial charge in [-0.2, -0.15) is 4.72 Å². The smallest absolute Gasteiger partial charge is 0.246 e. The van der Waals surface area contributed by atoms with Gasteiger partial charge in [-0.15, -0.1) is 0 Å². The molecule has 27 heavy (non-hydrogen) atoms. The standard InChI is InChI=1S/C17H23N5O4S/c1-12-16(14(3)26-19-12)27(24,25)20-13(2)17(23)22-10-8-21(9-11-22)15-6-4-5-7-18-15/h4-7,13,20H,8-11H2,1-3H3/t13-/m0/s1. The summed E-state index contributed by atoms with van der Waals surface area (Å²) in [6.45, 7) is 6.92. The summed E-state index contributed by atoms with van der Waals surface area (Å²) in [5.41, 5.74) is 0.267. The zero-order chi connectivity index (χ0) is 19.6. The summed E-state index contributed by atoms with van der Waals surface area (Å²) >= 11 is 0. The number of hydrogen-bond donors (Lipinski definition) is 1. The molecule has 10 heteroatoms. The number of nitrogens with one attached hydrogen (secondary N) is 1. The molecule has 2 aromatic heterocycles. The van der Waals surface area contributed by atoms with Crippen LogP contribution in [0.3, 0.4) is 0 Å². The molecule has 3 rings (SSSR count). The summed E-state index contributed by atoms with van der Waals surface area (Å²) in [5.74, 6) is 0.811. The van der Waals surface area contributed by atoms with Gasteiger partial charge in [-0.25, -0.2) is 13.4 Å². The van der Waals surface area contributed by atoms with Gasteiger partial charge in [0, 0.05) is 32.4 Å². The fraction of sp³-hybridized carbons (Fsp3) is 0.471. The number of piperazine rings is 1. The Morgan fingerprint density at radius 3 is 2.48 bits per heavy atom. The van der Waals surface area contributed by atoms with Gasteiger partial charge < -0.3 is 14.3 Å². The van der Waals surface area contributed by atoms with E-state index in [1.165, 1.54) is 6.92 Å². The summed E-state index contributed by atoms with van der Waals surface area (Å²) in [7, 11) is -3.89. The average Bonchev–Trinajstić information content (AvgIpc) is 3.00. The van der Waals surface area contributed by atoms with Crippen molar-refractivity contribution in [1.29, 1.82) is 0 Å². The number of aryl methyl sites for hydroxylation is 2. The van der Waals surface area contributed by atoms with Crippen molar-refractivity contribution in [1.82, 2.24) is 19.8 Å². The average molecular weight is 393 g/mol. The summed E-state index contributed by atoms with van der Waals surface area (Å²) in [4.78, 5) is 20.8. The van der Waals surface area contributed by atoms with Gasteiger partial charge in [0.15, 0.2) is 5.76 Å². The van der Waals surface area contributed by atoms with Crippen LogP contribution >= 0.6 is 0 Å². The molecule has 2 aromatic rings. The number of nitrogens with zero attached hydrogens (tertiary/aromatic N) is 4. The molecule has 9 nitrogen and oxygen atoms in total. The van der Waals surface area contributed by atoms with Crippen LogP contribution in [0.1, 0.15) is 18.4 Å². The molecule has 146 valence electrons. The van der Waals surface area contributed by atoms with Gasteiger partial charge in [-0.1, -0.05) is 11.2 Å². The highest BCUT2D eigenvalue weighted by Gasteiger charge is 2.31. The van der Waals surface area contributed by atoms with Crippen LogP contribution in [-0.4, -0.2) is 61.6 Å². The van der Waals surface area contributed by atoms with Crippen molar-refractivity contribution in [3.8, 4) is 0 Å². The molecule has 1 fully saturated rings. The maximum absolute atomic E-state index is 12.7. The first kappa shape index (κ1) is 19.3. The molecule has 0 aromatic carbocycles. The first-order valence-corrected chi connectivity index (χ1v) is 10.2. The van der Waals surface area contributed by atoms with E-state index in [-0.39, 0.29) is 22.3 Å². The Kier molecular flexibility index (Phi) is 5.47. The Morgan fingerprint density at radius 1 is 1.22 bits per heavy atom. The molecule has 1 N–H and O–H groups in total. The van der Waals surface area contributed by atoms with E-state index in [9.17, 15) is 13.2 Å². The lowest BCUT2D eigenvalue weighted by atomic mass is 10.2.